The summed E-state index contributed by atoms with van der Waals surface area (Å²) in [5, 5.41) is 5.75. The van der Waals surface area contributed by atoms with Gasteiger partial charge in [0.1, 0.15) is 11.6 Å². The van der Waals surface area contributed by atoms with Gasteiger partial charge in [-0.1, -0.05) is 0 Å². The molecule has 0 aliphatic heterocycles. The molecule has 6 nitrogen and oxygen atoms in total. The van der Waals surface area contributed by atoms with Crippen molar-refractivity contribution >= 4 is 15.7 Å². The van der Waals surface area contributed by atoms with Gasteiger partial charge in [0, 0.05) is 12.1 Å². The van der Waals surface area contributed by atoms with Crippen molar-refractivity contribution in [2.45, 2.75) is 5.03 Å². The largest absolute Gasteiger partial charge is 0.497 e. The molecule has 18 heavy (non-hydrogen) atoms. The predicted molar refractivity (Wildman–Crippen MR) is 62.3 cm³/mol. The Labute approximate surface area is 103 Å². The number of aromatic nitrogens is 2. The first-order valence-electron chi connectivity index (χ1n) is 4.88. The molecule has 0 saturated heterocycles. The molecule has 2 aromatic rings. The van der Waals surface area contributed by atoms with E-state index in [9.17, 15) is 12.8 Å². The van der Waals surface area contributed by atoms with Gasteiger partial charge in [0.15, 0.2) is 5.03 Å². The molecule has 0 aliphatic carbocycles. The zero-order valence-electron chi connectivity index (χ0n) is 9.34. The SMILES string of the molecule is COc1cc(F)cc(NS(=O)(=O)c2ccn[nH]2)c1. The first-order valence-corrected chi connectivity index (χ1v) is 6.36. The molecule has 8 heteroatoms. The average molecular weight is 271 g/mol. The summed E-state index contributed by atoms with van der Waals surface area (Å²) in [5.74, 6) is -0.381. The van der Waals surface area contributed by atoms with Gasteiger partial charge in [0.05, 0.1) is 19.0 Å². The van der Waals surface area contributed by atoms with Gasteiger partial charge in [-0.3, -0.25) is 9.82 Å². The third-order valence-electron chi connectivity index (χ3n) is 2.12. The van der Waals surface area contributed by atoms with E-state index in [2.05, 4.69) is 14.9 Å². The molecule has 0 unspecified atom stereocenters. The van der Waals surface area contributed by atoms with Gasteiger partial charge in [0.25, 0.3) is 10.0 Å². The number of nitrogens with one attached hydrogen (secondary N) is 2. The van der Waals surface area contributed by atoms with Crippen LogP contribution in [0.25, 0.3) is 0 Å². The number of hydrogen-bond acceptors (Lipinski definition) is 4. The van der Waals surface area contributed by atoms with Crippen LogP contribution in [0.1, 0.15) is 0 Å². The minimum absolute atomic E-state index is 0.0708. The molecule has 0 amide bonds. The number of rotatable bonds is 4. The van der Waals surface area contributed by atoms with E-state index in [1.54, 1.807) is 0 Å². The number of H-pyrrole nitrogens is 1. The molecule has 0 atom stereocenters. The van der Waals surface area contributed by atoms with Crippen LogP contribution in [0.4, 0.5) is 10.1 Å². The maximum Gasteiger partial charge on any atom is 0.278 e. The molecule has 0 bridgehead atoms. The van der Waals surface area contributed by atoms with Crippen LogP contribution >= 0.6 is 0 Å². The Morgan fingerprint density at radius 1 is 1.39 bits per heavy atom. The molecule has 2 rings (SSSR count). The van der Waals surface area contributed by atoms with Crippen LogP contribution in [-0.2, 0) is 10.0 Å². The van der Waals surface area contributed by atoms with E-state index in [1.165, 1.54) is 25.4 Å². The average Bonchev–Trinajstić information content (AvgIpc) is 2.81. The summed E-state index contributed by atoms with van der Waals surface area (Å²) in [6.07, 6.45) is 1.31. The topological polar surface area (TPSA) is 84.1 Å². The number of sulfonamides is 1. The van der Waals surface area contributed by atoms with Crippen molar-refractivity contribution in [1.82, 2.24) is 10.2 Å². The van der Waals surface area contributed by atoms with E-state index < -0.39 is 15.8 Å². The van der Waals surface area contributed by atoms with Crippen molar-refractivity contribution in [3.63, 3.8) is 0 Å². The normalized spacial score (nSPS) is 11.2. The van der Waals surface area contributed by atoms with E-state index in [4.69, 9.17) is 4.74 Å². The summed E-state index contributed by atoms with van der Waals surface area (Å²) in [6.45, 7) is 0. The second-order valence-electron chi connectivity index (χ2n) is 3.41. The minimum atomic E-state index is -3.80. The lowest BCUT2D eigenvalue weighted by molar-refractivity contribution is 0.411. The van der Waals surface area contributed by atoms with Gasteiger partial charge in [-0.15, -0.1) is 0 Å². The Hall–Kier alpha value is -2.09. The molecule has 0 aliphatic rings. The smallest absolute Gasteiger partial charge is 0.278 e. The van der Waals surface area contributed by atoms with Crippen molar-refractivity contribution < 1.29 is 17.5 Å². The van der Waals surface area contributed by atoms with Crippen molar-refractivity contribution in [3.8, 4) is 5.75 Å². The highest BCUT2D eigenvalue weighted by atomic mass is 32.2. The fraction of sp³-hybridized carbons (Fsp3) is 0.100. The Morgan fingerprint density at radius 3 is 2.78 bits per heavy atom. The monoisotopic (exact) mass is 271 g/mol. The summed E-state index contributed by atoms with van der Waals surface area (Å²) in [4.78, 5) is 0. The van der Waals surface area contributed by atoms with Crippen LogP contribution in [0.2, 0.25) is 0 Å². The second kappa shape index (κ2) is 4.65. The van der Waals surface area contributed by atoms with Crippen LogP contribution in [-0.4, -0.2) is 25.7 Å². The van der Waals surface area contributed by atoms with Gasteiger partial charge in [-0.05, 0) is 12.1 Å². The number of benzene rings is 1. The van der Waals surface area contributed by atoms with E-state index in [1.807, 2.05) is 0 Å². The highest BCUT2D eigenvalue weighted by Gasteiger charge is 2.16. The fourth-order valence-corrected chi connectivity index (χ4v) is 2.29. The number of nitrogens with zero attached hydrogens (tertiary/aromatic N) is 1. The lowest BCUT2D eigenvalue weighted by atomic mass is 10.3. The van der Waals surface area contributed by atoms with Crippen molar-refractivity contribution in [2.75, 3.05) is 11.8 Å². The molecule has 0 spiro atoms. The zero-order valence-corrected chi connectivity index (χ0v) is 10.2. The Kier molecular flexibility index (Phi) is 3.19. The summed E-state index contributed by atoms with van der Waals surface area (Å²) >= 11 is 0. The maximum absolute atomic E-state index is 13.2. The molecule has 0 radical (unpaired) electrons. The summed E-state index contributed by atoms with van der Waals surface area (Å²) in [7, 11) is -2.44. The van der Waals surface area contributed by atoms with Crippen LogP contribution in [0.5, 0.6) is 5.75 Å². The predicted octanol–water partition coefficient (Wildman–Crippen LogP) is 1.36. The summed E-state index contributed by atoms with van der Waals surface area (Å²) < 4.78 is 43.9. The van der Waals surface area contributed by atoms with E-state index in [-0.39, 0.29) is 16.5 Å². The van der Waals surface area contributed by atoms with Crippen LogP contribution in [0.3, 0.4) is 0 Å². The third-order valence-corrected chi connectivity index (χ3v) is 3.43. The van der Waals surface area contributed by atoms with Crippen molar-refractivity contribution in [2.24, 2.45) is 0 Å². The zero-order chi connectivity index (χ0) is 13.2. The lowest BCUT2D eigenvalue weighted by Crippen LogP contribution is -2.13. The van der Waals surface area contributed by atoms with E-state index >= 15 is 0 Å². The van der Waals surface area contributed by atoms with Crippen LogP contribution < -0.4 is 9.46 Å². The standard InChI is InChI=1S/C10H10FN3O3S/c1-17-9-5-7(11)4-8(6-9)14-18(15,16)10-2-3-12-13-10/h2-6,14H,1H3,(H,12,13). The van der Waals surface area contributed by atoms with E-state index in [0.29, 0.717) is 0 Å². The molecule has 0 saturated carbocycles. The number of anilines is 1. The number of hydrogen-bond donors (Lipinski definition) is 2. The molecule has 0 fully saturated rings. The highest BCUT2D eigenvalue weighted by molar-refractivity contribution is 7.92. The lowest BCUT2D eigenvalue weighted by Gasteiger charge is -2.08. The van der Waals surface area contributed by atoms with Crippen molar-refractivity contribution in [3.05, 3.63) is 36.3 Å². The maximum atomic E-state index is 13.2. The van der Waals surface area contributed by atoms with Gasteiger partial charge in [0.2, 0.25) is 0 Å². The number of halogens is 1. The molecule has 1 aromatic heterocycles. The summed E-state index contributed by atoms with van der Waals surface area (Å²) in [5.41, 5.74) is 0.0708. The summed E-state index contributed by atoms with van der Waals surface area (Å²) in [6, 6.07) is 4.86. The van der Waals surface area contributed by atoms with Gasteiger partial charge >= 0.3 is 0 Å². The Balaban J connectivity index is 2.32. The Morgan fingerprint density at radius 2 is 2.17 bits per heavy atom. The fourth-order valence-electron chi connectivity index (χ4n) is 1.34. The van der Waals surface area contributed by atoms with Gasteiger partial charge in [-0.2, -0.15) is 13.5 Å². The number of methoxy groups -OCH3 is 1. The Bertz CT molecular complexity index is 640. The third kappa shape index (κ3) is 2.59. The quantitative estimate of drug-likeness (QED) is 0.879. The van der Waals surface area contributed by atoms with Gasteiger partial charge < -0.3 is 4.74 Å². The van der Waals surface area contributed by atoms with Crippen LogP contribution in [0, 0.1) is 5.82 Å². The van der Waals surface area contributed by atoms with Crippen LogP contribution in [0.15, 0.2) is 35.5 Å². The van der Waals surface area contributed by atoms with Crippen molar-refractivity contribution in [1.29, 1.82) is 0 Å². The highest BCUT2D eigenvalue weighted by Crippen LogP contribution is 2.22. The number of aromatic amines is 1. The minimum Gasteiger partial charge on any atom is -0.497 e. The van der Waals surface area contributed by atoms with E-state index in [0.717, 1.165) is 12.1 Å². The second-order valence-corrected chi connectivity index (χ2v) is 5.06. The first kappa shape index (κ1) is 12.4. The first-order chi connectivity index (χ1) is 8.51. The number of ether oxygens (including phenoxy) is 1. The molecule has 1 heterocycles. The van der Waals surface area contributed by atoms with Gasteiger partial charge in [-0.25, -0.2) is 4.39 Å². The molecule has 1 aromatic carbocycles. The molecule has 96 valence electrons. The molecular weight excluding hydrogens is 261 g/mol. The molecular formula is C10H10FN3O3S. The molecule has 2 N–H and O–H groups in total.